The molecule has 1 rings (SSSR count). The molecule has 3 nitrogen and oxygen atoms in total. The maximum atomic E-state index is 11.0. The van der Waals surface area contributed by atoms with Crippen LogP contribution in [0, 0.1) is 0 Å². The third kappa shape index (κ3) is 2.42. The van der Waals surface area contributed by atoms with Gasteiger partial charge in [0.15, 0.2) is 0 Å². The average molecular weight is 166 g/mol. The summed E-state index contributed by atoms with van der Waals surface area (Å²) in [7, 11) is 0. The lowest BCUT2D eigenvalue weighted by molar-refractivity contribution is -0.120. The van der Waals surface area contributed by atoms with Gasteiger partial charge in [-0.15, -0.1) is 0 Å². The first-order valence-corrected chi connectivity index (χ1v) is 4.13. The summed E-state index contributed by atoms with van der Waals surface area (Å²) in [6, 6.07) is 0. The highest BCUT2D eigenvalue weighted by molar-refractivity contribution is 5.77. The van der Waals surface area contributed by atoms with Gasteiger partial charge in [0.1, 0.15) is 0 Å². The van der Waals surface area contributed by atoms with Crippen molar-refractivity contribution in [3.8, 4) is 0 Å². The van der Waals surface area contributed by atoms with Gasteiger partial charge in [-0.05, 0) is 24.8 Å². The van der Waals surface area contributed by atoms with Gasteiger partial charge in [-0.2, -0.15) is 0 Å². The van der Waals surface area contributed by atoms with E-state index < -0.39 is 0 Å². The molecule has 0 bridgehead atoms. The molecule has 0 aliphatic carbocycles. The summed E-state index contributed by atoms with van der Waals surface area (Å²) in [6.45, 7) is 4.54. The minimum Gasteiger partial charge on any atom is -0.385 e. The van der Waals surface area contributed by atoms with E-state index in [1.807, 2.05) is 26.1 Å². The molecule has 0 aromatic rings. The standard InChI is InChI=1S/C9H14N2O/c1-3-9(12)11-8-4-7(2)5-10-6-8/h4-5,10H,3,6H2,1-2H3,(H,11,12). The van der Waals surface area contributed by atoms with Crippen molar-refractivity contribution in [2.24, 2.45) is 0 Å². The van der Waals surface area contributed by atoms with Crippen molar-refractivity contribution < 1.29 is 4.79 Å². The second-order valence-electron chi connectivity index (χ2n) is 2.84. The maximum Gasteiger partial charge on any atom is 0.223 e. The quantitative estimate of drug-likeness (QED) is 0.640. The van der Waals surface area contributed by atoms with Crippen LogP contribution in [0.2, 0.25) is 0 Å². The second-order valence-corrected chi connectivity index (χ2v) is 2.84. The van der Waals surface area contributed by atoms with Crippen molar-refractivity contribution in [2.75, 3.05) is 6.54 Å². The minimum atomic E-state index is 0.0674. The molecule has 12 heavy (non-hydrogen) atoms. The molecule has 1 heterocycles. The predicted molar refractivity (Wildman–Crippen MR) is 48.3 cm³/mol. The summed E-state index contributed by atoms with van der Waals surface area (Å²) in [6.07, 6.45) is 4.44. The van der Waals surface area contributed by atoms with Crippen LogP contribution in [0.5, 0.6) is 0 Å². The largest absolute Gasteiger partial charge is 0.385 e. The van der Waals surface area contributed by atoms with Crippen molar-refractivity contribution in [1.82, 2.24) is 10.6 Å². The van der Waals surface area contributed by atoms with E-state index in [2.05, 4.69) is 10.6 Å². The Hall–Kier alpha value is -1.25. The summed E-state index contributed by atoms with van der Waals surface area (Å²) in [4.78, 5) is 11.0. The second kappa shape index (κ2) is 3.95. The maximum absolute atomic E-state index is 11.0. The molecule has 0 saturated heterocycles. The van der Waals surface area contributed by atoms with Gasteiger partial charge in [-0.25, -0.2) is 0 Å². The van der Waals surface area contributed by atoms with Crippen LogP contribution < -0.4 is 10.6 Å². The first kappa shape index (κ1) is 8.84. The van der Waals surface area contributed by atoms with Gasteiger partial charge in [0.05, 0.1) is 6.54 Å². The Balaban J connectivity index is 2.53. The first-order valence-electron chi connectivity index (χ1n) is 4.13. The molecule has 0 aromatic carbocycles. The molecule has 0 saturated carbocycles. The molecule has 3 heteroatoms. The number of hydrogen-bond acceptors (Lipinski definition) is 2. The van der Waals surface area contributed by atoms with Crippen LogP contribution >= 0.6 is 0 Å². The van der Waals surface area contributed by atoms with Crippen LogP contribution in [-0.2, 0) is 4.79 Å². The molecule has 0 unspecified atom stereocenters. The van der Waals surface area contributed by atoms with E-state index in [-0.39, 0.29) is 5.91 Å². The van der Waals surface area contributed by atoms with E-state index in [4.69, 9.17) is 0 Å². The highest BCUT2D eigenvalue weighted by atomic mass is 16.1. The van der Waals surface area contributed by atoms with Gasteiger partial charge in [0.2, 0.25) is 5.91 Å². The van der Waals surface area contributed by atoms with Crippen molar-refractivity contribution in [3.63, 3.8) is 0 Å². The van der Waals surface area contributed by atoms with E-state index in [1.54, 1.807) is 0 Å². The van der Waals surface area contributed by atoms with Crippen LogP contribution in [0.25, 0.3) is 0 Å². The zero-order valence-corrected chi connectivity index (χ0v) is 7.48. The number of rotatable bonds is 2. The first-order chi connectivity index (χ1) is 5.72. The zero-order chi connectivity index (χ0) is 8.97. The number of allylic oxidation sites excluding steroid dienone is 2. The smallest absolute Gasteiger partial charge is 0.223 e. The van der Waals surface area contributed by atoms with Crippen LogP contribution in [0.15, 0.2) is 23.5 Å². The van der Waals surface area contributed by atoms with E-state index in [9.17, 15) is 4.79 Å². The van der Waals surface area contributed by atoms with Gasteiger partial charge < -0.3 is 10.6 Å². The van der Waals surface area contributed by atoms with Crippen LogP contribution in [-0.4, -0.2) is 12.5 Å². The number of dihydropyridines is 1. The molecular weight excluding hydrogens is 152 g/mol. The average Bonchev–Trinajstić information content (AvgIpc) is 2.04. The zero-order valence-electron chi connectivity index (χ0n) is 7.48. The molecule has 0 atom stereocenters. The van der Waals surface area contributed by atoms with Gasteiger partial charge in [-0.3, -0.25) is 4.79 Å². The van der Waals surface area contributed by atoms with Gasteiger partial charge in [0.25, 0.3) is 0 Å². The van der Waals surface area contributed by atoms with E-state index >= 15 is 0 Å². The Morgan fingerprint density at radius 1 is 1.75 bits per heavy atom. The molecule has 0 radical (unpaired) electrons. The lowest BCUT2D eigenvalue weighted by atomic mass is 10.2. The summed E-state index contributed by atoms with van der Waals surface area (Å²) >= 11 is 0. The summed E-state index contributed by atoms with van der Waals surface area (Å²) in [5, 5.41) is 5.89. The Bertz CT molecular complexity index is 241. The minimum absolute atomic E-state index is 0.0674. The predicted octanol–water partition coefficient (Wildman–Crippen LogP) is 0.904. The molecule has 0 aromatic heterocycles. The molecule has 0 fully saturated rings. The van der Waals surface area contributed by atoms with Crippen molar-refractivity contribution >= 4 is 5.91 Å². The third-order valence-corrected chi connectivity index (χ3v) is 1.65. The van der Waals surface area contributed by atoms with E-state index in [0.29, 0.717) is 13.0 Å². The fourth-order valence-electron chi connectivity index (χ4n) is 1.04. The Kier molecular flexibility index (Phi) is 2.91. The fraction of sp³-hybridized carbons (Fsp3) is 0.444. The van der Waals surface area contributed by atoms with Gasteiger partial charge in [0, 0.05) is 12.1 Å². The normalized spacial score (nSPS) is 15.8. The number of nitrogens with one attached hydrogen (secondary N) is 2. The van der Waals surface area contributed by atoms with Crippen LogP contribution in [0.4, 0.5) is 0 Å². The third-order valence-electron chi connectivity index (χ3n) is 1.65. The Morgan fingerprint density at radius 3 is 3.08 bits per heavy atom. The number of carbonyl (C=O) groups excluding carboxylic acids is 1. The number of hydrogen-bond donors (Lipinski definition) is 2. The van der Waals surface area contributed by atoms with Gasteiger partial charge in [-0.1, -0.05) is 6.92 Å². The monoisotopic (exact) mass is 166 g/mol. The van der Waals surface area contributed by atoms with Gasteiger partial charge >= 0.3 is 0 Å². The molecule has 2 N–H and O–H groups in total. The number of amides is 1. The van der Waals surface area contributed by atoms with Crippen LogP contribution in [0.1, 0.15) is 20.3 Å². The summed E-state index contributed by atoms with van der Waals surface area (Å²) in [5.74, 6) is 0.0674. The van der Waals surface area contributed by atoms with Crippen molar-refractivity contribution in [2.45, 2.75) is 20.3 Å². The van der Waals surface area contributed by atoms with E-state index in [1.165, 1.54) is 0 Å². The van der Waals surface area contributed by atoms with Crippen molar-refractivity contribution in [1.29, 1.82) is 0 Å². The summed E-state index contributed by atoms with van der Waals surface area (Å²) in [5.41, 5.74) is 2.08. The van der Waals surface area contributed by atoms with Crippen LogP contribution in [0.3, 0.4) is 0 Å². The molecule has 66 valence electrons. The topological polar surface area (TPSA) is 41.1 Å². The lowest BCUT2D eigenvalue weighted by Crippen LogP contribution is -2.29. The molecule has 0 spiro atoms. The van der Waals surface area contributed by atoms with Crippen molar-refractivity contribution in [3.05, 3.63) is 23.5 Å². The Morgan fingerprint density at radius 2 is 2.50 bits per heavy atom. The molecule has 1 amide bonds. The highest BCUT2D eigenvalue weighted by Crippen LogP contribution is 2.02. The molecular formula is C9H14N2O. The summed E-state index contributed by atoms with van der Waals surface area (Å²) < 4.78 is 0. The molecule has 1 aliphatic rings. The SMILES string of the molecule is CCC(=O)NC1=CC(C)=CNC1. The van der Waals surface area contributed by atoms with E-state index in [0.717, 1.165) is 11.3 Å². The molecule has 1 aliphatic heterocycles. The lowest BCUT2D eigenvalue weighted by Gasteiger charge is -2.13. The fourth-order valence-corrected chi connectivity index (χ4v) is 1.04. The Labute approximate surface area is 72.5 Å². The highest BCUT2D eigenvalue weighted by Gasteiger charge is 2.04. The number of carbonyl (C=O) groups is 1.